The highest BCUT2D eigenvalue weighted by Crippen LogP contribution is 2.22. The first-order valence-corrected chi connectivity index (χ1v) is 6.01. The van der Waals surface area contributed by atoms with Gasteiger partial charge in [-0.05, 0) is 40.9 Å². The first-order chi connectivity index (χ1) is 7.09. The van der Waals surface area contributed by atoms with Crippen molar-refractivity contribution < 1.29 is 0 Å². The van der Waals surface area contributed by atoms with Gasteiger partial charge in [0.2, 0.25) is 0 Å². The molecule has 0 bridgehead atoms. The van der Waals surface area contributed by atoms with E-state index in [0.29, 0.717) is 5.92 Å². The minimum Gasteiger partial charge on any atom is -0.300 e. The summed E-state index contributed by atoms with van der Waals surface area (Å²) in [5.41, 5.74) is 2.40. The number of aryl methyl sites for hydroxylation is 1. The van der Waals surface area contributed by atoms with E-state index < -0.39 is 0 Å². The normalized spacial score (nSPS) is 11.5. The molecule has 0 unspecified atom stereocenters. The molecule has 0 amide bonds. The van der Waals surface area contributed by atoms with Gasteiger partial charge in [-0.15, -0.1) is 0 Å². The molecule has 0 fully saturated rings. The van der Waals surface area contributed by atoms with Gasteiger partial charge >= 0.3 is 0 Å². The smallest absolute Gasteiger partial charge is 0.132 e. The SMILES string of the molecule is Cc1cccc2c(Br)nc(CC(C)C)n12. The van der Waals surface area contributed by atoms with Crippen LogP contribution in [0.1, 0.15) is 25.4 Å². The molecule has 3 heteroatoms. The molecular weight excluding hydrogens is 252 g/mol. The van der Waals surface area contributed by atoms with Crippen LogP contribution in [0, 0.1) is 12.8 Å². The van der Waals surface area contributed by atoms with Crippen LogP contribution in [0.2, 0.25) is 0 Å². The van der Waals surface area contributed by atoms with Crippen LogP contribution in [0.3, 0.4) is 0 Å². The van der Waals surface area contributed by atoms with Crippen LogP contribution in [-0.4, -0.2) is 9.38 Å². The zero-order valence-corrected chi connectivity index (χ0v) is 10.9. The summed E-state index contributed by atoms with van der Waals surface area (Å²) in [4.78, 5) is 4.57. The van der Waals surface area contributed by atoms with Gasteiger partial charge in [0.15, 0.2) is 0 Å². The Morgan fingerprint density at radius 1 is 1.40 bits per heavy atom. The maximum absolute atomic E-state index is 4.57. The molecule has 0 N–H and O–H groups in total. The third-order valence-electron chi connectivity index (χ3n) is 2.47. The Morgan fingerprint density at radius 2 is 2.13 bits per heavy atom. The molecule has 0 spiro atoms. The lowest BCUT2D eigenvalue weighted by atomic mass is 10.1. The number of nitrogens with zero attached hydrogens (tertiary/aromatic N) is 2. The zero-order chi connectivity index (χ0) is 11.0. The van der Waals surface area contributed by atoms with Crippen molar-refractivity contribution in [2.24, 2.45) is 5.92 Å². The van der Waals surface area contributed by atoms with Gasteiger partial charge < -0.3 is 0 Å². The Hall–Kier alpha value is -0.830. The highest BCUT2D eigenvalue weighted by Gasteiger charge is 2.11. The lowest BCUT2D eigenvalue weighted by Crippen LogP contribution is -2.02. The first kappa shape index (κ1) is 10.7. The fraction of sp³-hybridized carbons (Fsp3) is 0.417. The molecule has 2 aromatic heterocycles. The number of hydrogen-bond acceptors (Lipinski definition) is 1. The highest BCUT2D eigenvalue weighted by atomic mass is 79.9. The van der Waals surface area contributed by atoms with Crippen molar-refractivity contribution in [3.63, 3.8) is 0 Å². The van der Waals surface area contributed by atoms with Crippen molar-refractivity contribution in [2.45, 2.75) is 27.2 Å². The molecular formula is C12H15BrN2. The molecule has 0 saturated heterocycles. The second-order valence-corrected chi connectivity index (χ2v) is 5.06. The molecule has 0 aliphatic carbocycles. The average molecular weight is 267 g/mol. The van der Waals surface area contributed by atoms with Gasteiger partial charge in [-0.2, -0.15) is 0 Å². The summed E-state index contributed by atoms with van der Waals surface area (Å²) in [6.07, 6.45) is 1.01. The van der Waals surface area contributed by atoms with Crippen molar-refractivity contribution in [1.82, 2.24) is 9.38 Å². The van der Waals surface area contributed by atoms with E-state index in [1.807, 2.05) is 0 Å². The molecule has 15 heavy (non-hydrogen) atoms. The Bertz CT molecular complexity index is 486. The van der Waals surface area contributed by atoms with Gasteiger partial charge in [-0.1, -0.05) is 19.9 Å². The van der Waals surface area contributed by atoms with Gasteiger partial charge in [0, 0.05) is 12.1 Å². The first-order valence-electron chi connectivity index (χ1n) is 5.22. The van der Waals surface area contributed by atoms with Crippen LogP contribution in [0.25, 0.3) is 5.52 Å². The lowest BCUT2D eigenvalue weighted by molar-refractivity contribution is 0.617. The molecule has 0 aliphatic rings. The summed E-state index contributed by atoms with van der Waals surface area (Å²) in [5, 5.41) is 0. The fourth-order valence-electron chi connectivity index (χ4n) is 1.84. The van der Waals surface area contributed by atoms with E-state index >= 15 is 0 Å². The number of hydrogen-bond donors (Lipinski definition) is 0. The third-order valence-corrected chi connectivity index (χ3v) is 3.06. The van der Waals surface area contributed by atoms with Crippen LogP contribution < -0.4 is 0 Å². The number of rotatable bonds is 2. The number of pyridine rings is 1. The molecule has 0 aliphatic heterocycles. The predicted octanol–water partition coefficient (Wildman–Crippen LogP) is 3.60. The van der Waals surface area contributed by atoms with E-state index in [4.69, 9.17) is 0 Å². The van der Waals surface area contributed by atoms with Crippen LogP contribution in [0.4, 0.5) is 0 Å². The Morgan fingerprint density at radius 3 is 2.80 bits per heavy atom. The van der Waals surface area contributed by atoms with Gasteiger partial charge in [-0.25, -0.2) is 4.98 Å². The maximum atomic E-state index is 4.57. The molecule has 80 valence electrons. The number of aromatic nitrogens is 2. The van der Waals surface area contributed by atoms with E-state index in [-0.39, 0.29) is 0 Å². The van der Waals surface area contributed by atoms with Crippen molar-refractivity contribution >= 4 is 21.4 Å². The zero-order valence-electron chi connectivity index (χ0n) is 9.29. The molecule has 0 saturated carbocycles. The van der Waals surface area contributed by atoms with Crippen LogP contribution in [0.15, 0.2) is 22.8 Å². The van der Waals surface area contributed by atoms with E-state index in [9.17, 15) is 0 Å². The Balaban J connectivity index is 2.65. The van der Waals surface area contributed by atoms with Crippen molar-refractivity contribution in [3.8, 4) is 0 Å². The minimum absolute atomic E-state index is 0.627. The number of halogens is 1. The predicted molar refractivity (Wildman–Crippen MR) is 66.2 cm³/mol. The lowest BCUT2D eigenvalue weighted by Gasteiger charge is -2.06. The van der Waals surface area contributed by atoms with Gasteiger partial charge in [0.1, 0.15) is 10.4 Å². The van der Waals surface area contributed by atoms with Crippen molar-refractivity contribution in [1.29, 1.82) is 0 Å². The molecule has 2 rings (SSSR count). The molecule has 2 nitrogen and oxygen atoms in total. The van der Waals surface area contributed by atoms with Gasteiger partial charge in [0.25, 0.3) is 0 Å². The quantitative estimate of drug-likeness (QED) is 0.812. The molecule has 2 aromatic rings. The third kappa shape index (κ3) is 1.93. The number of imidazole rings is 1. The van der Waals surface area contributed by atoms with E-state index in [1.54, 1.807) is 0 Å². The topological polar surface area (TPSA) is 17.3 Å². The Kier molecular flexibility index (Phi) is 2.83. The highest BCUT2D eigenvalue weighted by molar-refractivity contribution is 9.10. The standard InChI is InChI=1S/C12H15BrN2/c1-8(2)7-11-14-12(13)10-6-4-5-9(3)15(10)11/h4-6,8H,7H2,1-3H3. The summed E-state index contributed by atoms with van der Waals surface area (Å²) in [6, 6.07) is 6.27. The van der Waals surface area contributed by atoms with Gasteiger partial charge in [0.05, 0.1) is 5.52 Å². The van der Waals surface area contributed by atoms with Crippen molar-refractivity contribution in [2.75, 3.05) is 0 Å². The largest absolute Gasteiger partial charge is 0.300 e. The number of fused-ring (bicyclic) bond motifs is 1. The van der Waals surface area contributed by atoms with Crippen LogP contribution >= 0.6 is 15.9 Å². The summed E-state index contributed by atoms with van der Waals surface area (Å²) in [7, 11) is 0. The van der Waals surface area contributed by atoms with E-state index in [2.05, 4.69) is 64.3 Å². The molecule has 0 atom stereocenters. The minimum atomic E-state index is 0.627. The molecule has 0 radical (unpaired) electrons. The molecule has 2 heterocycles. The Labute approximate surface area is 98.5 Å². The maximum Gasteiger partial charge on any atom is 0.132 e. The average Bonchev–Trinajstić information content (AvgIpc) is 2.44. The van der Waals surface area contributed by atoms with Crippen LogP contribution in [-0.2, 0) is 6.42 Å². The summed E-state index contributed by atoms with van der Waals surface area (Å²) in [6.45, 7) is 6.55. The fourth-order valence-corrected chi connectivity index (χ4v) is 2.36. The van der Waals surface area contributed by atoms with Gasteiger partial charge in [-0.3, -0.25) is 4.40 Å². The monoisotopic (exact) mass is 266 g/mol. The summed E-state index contributed by atoms with van der Waals surface area (Å²) in [5.74, 6) is 1.77. The summed E-state index contributed by atoms with van der Waals surface area (Å²) >= 11 is 3.51. The van der Waals surface area contributed by atoms with E-state index in [0.717, 1.165) is 22.4 Å². The second kappa shape index (κ2) is 3.97. The second-order valence-electron chi connectivity index (χ2n) is 4.30. The van der Waals surface area contributed by atoms with Crippen molar-refractivity contribution in [3.05, 3.63) is 34.3 Å². The van der Waals surface area contributed by atoms with E-state index in [1.165, 1.54) is 5.69 Å². The van der Waals surface area contributed by atoms with Crippen LogP contribution in [0.5, 0.6) is 0 Å². The molecule has 0 aromatic carbocycles. The summed E-state index contributed by atoms with van der Waals surface area (Å²) < 4.78 is 3.17.